The minimum Gasteiger partial charge on any atom is -0.508 e. The van der Waals surface area contributed by atoms with Crippen molar-refractivity contribution in [1.82, 2.24) is 4.90 Å². The van der Waals surface area contributed by atoms with Gasteiger partial charge in [-0.25, -0.2) is 0 Å². The molecule has 3 nitrogen and oxygen atoms in total. The number of piperidine rings is 1. The van der Waals surface area contributed by atoms with Gasteiger partial charge in [0.05, 0.1) is 6.10 Å². The van der Waals surface area contributed by atoms with Crippen molar-refractivity contribution in [2.45, 2.75) is 62.5 Å². The fraction of sp³-hybridized carbons (Fsp3) is 0.565. The van der Waals surface area contributed by atoms with Crippen molar-refractivity contribution in [2.75, 3.05) is 13.1 Å². The molecule has 2 heterocycles. The van der Waals surface area contributed by atoms with E-state index in [1.807, 2.05) is 23.6 Å². The lowest BCUT2D eigenvalue weighted by Gasteiger charge is -2.59. The van der Waals surface area contributed by atoms with E-state index < -0.39 is 0 Å². The van der Waals surface area contributed by atoms with E-state index in [4.69, 9.17) is 0 Å². The van der Waals surface area contributed by atoms with Crippen LogP contribution in [0, 0.1) is 5.92 Å². The molecule has 1 aromatic carbocycles. The highest BCUT2D eigenvalue weighted by Gasteiger charge is 2.53. The van der Waals surface area contributed by atoms with E-state index in [1.54, 1.807) is 11.3 Å². The minimum atomic E-state index is -0.337. The summed E-state index contributed by atoms with van der Waals surface area (Å²) in [6.45, 7) is 2.09. The summed E-state index contributed by atoms with van der Waals surface area (Å²) in [6.07, 6.45) is 8.00. The topological polar surface area (TPSA) is 43.7 Å². The zero-order valence-electron chi connectivity index (χ0n) is 15.8. The maximum Gasteiger partial charge on any atom is 0.115 e. The zero-order chi connectivity index (χ0) is 18.4. The number of hydrogen-bond donors (Lipinski definition) is 2. The number of aromatic hydroxyl groups is 1. The Labute approximate surface area is 165 Å². The van der Waals surface area contributed by atoms with E-state index in [9.17, 15) is 10.2 Å². The van der Waals surface area contributed by atoms with Crippen molar-refractivity contribution < 1.29 is 10.2 Å². The summed E-state index contributed by atoms with van der Waals surface area (Å²) in [5.74, 6) is 1.13. The second-order valence-electron chi connectivity index (χ2n) is 8.73. The molecule has 0 spiro atoms. The van der Waals surface area contributed by atoms with Crippen LogP contribution >= 0.6 is 11.3 Å². The maximum atomic E-state index is 10.5. The second kappa shape index (κ2) is 6.91. The van der Waals surface area contributed by atoms with Crippen LogP contribution in [-0.2, 0) is 11.8 Å². The molecule has 0 amide bonds. The first-order valence-electron chi connectivity index (χ1n) is 10.5. The second-order valence-corrected chi connectivity index (χ2v) is 9.71. The van der Waals surface area contributed by atoms with Gasteiger partial charge in [-0.2, -0.15) is 0 Å². The molecule has 144 valence electrons. The molecule has 2 aromatic rings. The number of rotatable bonds is 4. The predicted molar refractivity (Wildman–Crippen MR) is 109 cm³/mol. The van der Waals surface area contributed by atoms with Crippen LogP contribution in [0.5, 0.6) is 5.75 Å². The van der Waals surface area contributed by atoms with Crippen LogP contribution in [0.25, 0.3) is 0 Å². The van der Waals surface area contributed by atoms with Crippen LogP contribution in [0.2, 0.25) is 0 Å². The molecule has 1 aliphatic heterocycles. The highest BCUT2D eigenvalue weighted by Crippen LogP contribution is 2.56. The molecule has 1 aromatic heterocycles. The van der Waals surface area contributed by atoms with Gasteiger partial charge in [-0.05, 0) is 79.3 Å². The van der Waals surface area contributed by atoms with E-state index in [2.05, 4.69) is 17.0 Å². The third kappa shape index (κ3) is 2.93. The van der Waals surface area contributed by atoms with E-state index in [0.29, 0.717) is 17.7 Å². The Morgan fingerprint density at radius 2 is 2.15 bits per heavy atom. The van der Waals surface area contributed by atoms with E-state index in [-0.39, 0.29) is 11.5 Å². The van der Waals surface area contributed by atoms with Crippen LogP contribution in [0.1, 0.15) is 60.6 Å². The highest BCUT2D eigenvalue weighted by atomic mass is 32.1. The summed E-state index contributed by atoms with van der Waals surface area (Å²) < 4.78 is 0. The Kier molecular flexibility index (Phi) is 4.53. The van der Waals surface area contributed by atoms with Crippen LogP contribution in [0.15, 0.2) is 35.7 Å². The number of phenolic OH excluding ortho intramolecular Hbond substituents is 1. The van der Waals surface area contributed by atoms with Crippen molar-refractivity contribution in [3.8, 4) is 5.75 Å². The van der Waals surface area contributed by atoms with Gasteiger partial charge in [-0.15, -0.1) is 11.3 Å². The molecule has 2 fully saturated rings. The van der Waals surface area contributed by atoms with Gasteiger partial charge < -0.3 is 10.2 Å². The predicted octanol–water partition coefficient (Wildman–Crippen LogP) is 4.64. The number of aliphatic hydroxyl groups is 1. The maximum absolute atomic E-state index is 10.5. The first kappa shape index (κ1) is 17.7. The van der Waals surface area contributed by atoms with Crippen LogP contribution < -0.4 is 0 Å². The number of nitrogens with zero attached hydrogens (tertiary/aromatic N) is 1. The summed E-state index contributed by atoms with van der Waals surface area (Å²) in [4.78, 5) is 3.75. The number of fused-ring (bicyclic) bond motifs is 1. The highest BCUT2D eigenvalue weighted by molar-refractivity contribution is 7.10. The van der Waals surface area contributed by atoms with Crippen LogP contribution in [-0.4, -0.2) is 34.2 Å². The third-order valence-electron chi connectivity index (χ3n) is 7.50. The molecule has 27 heavy (non-hydrogen) atoms. The Morgan fingerprint density at radius 1 is 1.22 bits per heavy atom. The molecule has 1 saturated heterocycles. The molecule has 5 rings (SSSR count). The Bertz CT molecular complexity index is 805. The Balaban J connectivity index is 1.40. The fourth-order valence-corrected chi connectivity index (χ4v) is 7.01. The number of benzene rings is 1. The van der Waals surface area contributed by atoms with Crippen molar-refractivity contribution in [1.29, 1.82) is 0 Å². The third-order valence-corrected chi connectivity index (χ3v) is 8.47. The Hall–Kier alpha value is -1.36. The summed E-state index contributed by atoms with van der Waals surface area (Å²) >= 11 is 1.65. The molecule has 1 unspecified atom stereocenters. The summed E-state index contributed by atoms with van der Waals surface area (Å²) in [7, 11) is 0. The molecule has 0 radical (unpaired) electrons. The van der Waals surface area contributed by atoms with Crippen LogP contribution in [0.4, 0.5) is 0 Å². The number of likely N-dealkylation sites (tertiary alicyclic amines) is 1. The number of thiophene rings is 1. The normalized spacial score (nSPS) is 31.1. The number of aliphatic hydroxyl groups excluding tert-OH is 1. The molecule has 2 aliphatic carbocycles. The molecule has 4 heteroatoms. The zero-order valence-corrected chi connectivity index (χ0v) is 16.6. The summed E-state index contributed by atoms with van der Waals surface area (Å²) in [5.41, 5.74) is 3.17. The molecule has 2 N–H and O–H groups in total. The van der Waals surface area contributed by atoms with Crippen molar-refractivity contribution in [3.63, 3.8) is 0 Å². The SMILES string of the molecule is Oc1ccc2c(c1)[C@]13CCCC[C@H]1[C@H](C2)N(CCC(O)c1cccs1)CC3. The van der Waals surface area contributed by atoms with Gasteiger partial charge in [0.15, 0.2) is 0 Å². The molecular formula is C23H29NO2S. The quantitative estimate of drug-likeness (QED) is 0.809. The molecule has 2 bridgehead atoms. The van der Waals surface area contributed by atoms with Crippen molar-refractivity contribution in [3.05, 3.63) is 51.7 Å². The molecule has 4 atom stereocenters. The van der Waals surface area contributed by atoms with Gasteiger partial charge in [-0.1, -0.05) is 25.0 Å². The first-order chi connectivity index (χ1) is 13.2. The lowest BCUT2D eigenvalue weighted by molar-refractivity contribution is -0.0170. The van der Waals surface area contributed by atoms with Gasteiger partial charge in [0.2, 0.25) is 0 Å². The van der Waals surface area contributed by atoms with Crippen molar-refractivity contribution >= 4 is 11.3 Å². The molecule has 1 saturated carbocycles. The lowest BCUT2D eigenvalue weighted by atomic mass is 9.52. The summed E-state index contributed by atoms with van der Waals surface area (Å²) in [5, 5.41) is 22.7. The van der Waals surface area contributed by atoms with Gasteiger partial charge in [0.1, 0.15) is 5.75 Å². The minimum absolute atomic E-state index is 0.276. The van der Waals surface area contributed by atoms with E-state index in [0.717, 1.165) is 30.8 Å². The smallest absolute Gasteiger partial charge is 0.115 e. The molecular weight excluding hydrogens is 354 g/mol. The van der Waals surface area contributed by atoms with E-state index >= 15 is 0 Å². The number of phenols is 1. The average Bonchev–Trinajstić information content (AvgIpc) is 3.22. The van der Waals surface area contributed by atoms with Crippen LogP contribution in [0.3, 0.4) is 0 Å². The lowest BCUT2D eigenvalue weighted by Crippen LogP contribution is -2.61. The summed E-state index contributed by atoms with van der Waals surface area (Å²) in [6, 6.07) is 10.7. The standard InChI is InChI=1S/C23H29NO2S/c25-17-7-6-16-14-20-18-4-1-2-9-23(18,19(16)15-17)10-12-24(20)11-8-21(26)22-5-3-13-27-22/h3,5-7,13,15,18,20-21,25-26H,1-2,4,8-12,14H2/t18-,20-,21?,23-/m0/s1. The monoisotopic (exact) mass is 383 g/mol. The van der Waals surface area contributed by atoms with Gasteiger partial charge >= 0.3 is 0 Å². The fourth-order valence-electron chi connectivity index (χ4n) is 6.26. The van der Waals surface area contributed by atoms with Gasteiger partial charge in [-0.3, -0.25) is 4.90 Å². The van der Waals surface area contributed by atoms with E-state index in [1.165, 1.54) is 43.2 Å². The number of hydrogen-bond acceptors (Lipinski definition) is 4. The van der Waals surface area contributed by atoms with Crippen molar-refractivity contribution in [2.24, 2.45) is 5.92 Å². The first-order valence-corrected chi connectivity index (χ1v) is 11.3. The largest absolute Gasteiger partial charge is 0.508 e. The molecule has 3 aliphatic rings. The average molecular weight is 384 g/mol. The Morgan fingerprint density at radius 3 is 3.00 bits per heavy atom. The van der Waals surface area contributed by atoms with Gasteiger partial charge in [0, 0.05) is 22.9 Å². The van der Waals surface area contributed by atoms with Gasteiger partial charge in [0.25, 0.3) is 0 Å².